The van der Waals surface area contributed by atoms with E-state index in [0.29, 0.717) is 0 Å². The molecule has 0 saturated carbocycles. The van der Waals surface area contributed by atoms with E-state index in [1.54, 1.807) is 0 Å². The van der Waals surface area contributed by atoms with Crippen LogP contribution in [0.25, 0.3) is 0 Å². The van der Waals surface area contributed by atoms with Crippen LogP contribution in [-0.4, -0.2) is 0 Å². The van der Waals surface area contributed by atoms with Crippen molar-refractivity contribution < 1.29 is 4.57 Å². The minimum Gasteiger partial charge on any atom is -0.205 e. The molecule has 0 unspecified atom stereocenters. The molecule has 0 amide bonds. The van der Waals surface area contributed by atoms with Gasteiger partial charge < -0.3 is 0 Å². The standard InChI is InChI=1S/C22H40N/c1-3-5-7-8-9-10-11-12-13-14-15-16-22-17-20-23(21-18-22)19-6-4-2/h17-18,20-21H,3-16,19H2,1-2H3/q+1. The van der Waals surface area contributed by atoms with E-state index >= 15 is 0 Å². The van der Waals surface area contributed by atoms with Gasteiger partial charge in [-0.05, 0) is 18.4 Å². The van der Waals surface area contributed by atoms with E-state index in [2.05, 4.69) is 42.9 Å². The molecular formula is C22H40N+. The zero-order valence-corrected chi connectivity index (χ0v) is 15.9. The molecule has 0 aromatic carbocycles. The van der Waals surface area contributed by atoms with Crippen molar-refractivity contribution in [3.05, 3.63) is 30.1 Å². The molecule has 0 atom stereocenters. The second-order valence-corrected chi connectivity index (χ2v) is 7.08. The summed E-state index contributed by atoms with van der Waals surface area (Å²) in [5.41, 5.74) is 1.51. The van der Waals surface area contributed by atoms with Crippen LogP contribution >= 0.6 is 0 Å². The molecule has 0 radical (unpaired) electrons. The van der Waals surface area contributed by atoms with Gasteiger partial charge in [-0.15, -0.1) is 0 Å². The maximum atomic E-state index is 2.31. The number of aryl methyl sites for hydroxylation is 2. The zero-order valence-electron chi connectivity index (χ0n) is 15.9. The lowest BCUT2D eigenvalue weighted by Crippen LogP contribution is -2.32. The summed E-state index contributed by atoms with van der Waals surface area (Å²) in [7, 11) is 0. The van der Waals surface area contributed by atoms with Crippen LogP contribution in [0.3, 0.4) is 0 Å². The molecule has 0 aliphatic rings. The summed E-state index contributed by atoms with van der Waals surface area (Å²) in [6.07, 6.45) is 24.0. The first-order valence-electron chi connectivity index (χ1n) is 10.3. The quantitative estimate of drug-likeness (QED) is 0.252. The third-order valence-electron chi connectivity index (χ3n) is 4.80. The first-order valence-corrected chi connectivity index (χ1v) is 10.3. The Morgan fingerprint density at radius 3 is 1.61 bits per heavy atom. The molecule has 1 heteroatoms. The Labute approximate surface area is 145 Å². The number of nitrogens with zero attached hydrogens (tertiary/aromatic N) is 1. The maximum Gasteiger partial charge on any atom is 0.169 e. The van der Waals surface area contributed by atoms with Gasteiger partial charge in [-0.3, -0.25) is 0 Å². The van der Waals surface area contributed by atoms with Crippen molar-refractivity contribution in [2.75, 3.05) is 0 Å². The van der Waals surface area contributed by atoms with E-state index in [1.807, 2.05) is 0 Å². The molecule has 0 spiro atoms. The van der Waals surface area contributed by atoms with E-state index in [-0.39, 0.29) is 0 Å². The number of pyridine rings is 1. The normalized spacial score (nSPS) is 11.0. The number of hydrogen-bond acceptors (Lipinski definition) is 0. The number of hydrogen-bond donors (Lipinski definition) is 0. The monoisotopic (exact) mass is 318 g/mol. The molecule has 132 valence electrons. The fourth-order valence-corrected chi connectivity index (χ4v) is 3.14. The molecule has 1 aromatic rings. The van der Waals surface area contributed by atoms with Gasteiger partial charge in [0.05, 0.1) is 0 Å². The minimum atomic E-state index is 1.16. The molecule has 1 nitrogen and oxygen atoms in total. The molecule has 1 rings (SSSR count). The molecule has 0 saturated heterocycles. The van der Waals surface area contributed by atoms with Crippen LogP contribution in [0.15, 0.2) is 24.5 Å². The largest absolute Gasteiger partial charge is 0.205 e. The topological polar surface area (TPSA) is 3.88 Å². The van der Waals surface area contributed by atoms with Crippen LogP contribution < -0.4 is 4.57 Å². The fraction of sp³-hybridized carbons (Fsp3) is 0.773. The van der Waals surface area contributed by atoms with Gasteiger partial charge in [0.1, 0.15) is 6.54 Å². The van der Waals surface area contributed by atoms with Crippen LogP contribution in [0.5, 0.6) is 0 Å². The number of rotatable bonds is 15. The Hall–Kier alpha value is -0.850. The molecule has 0 fully saturated rings. The van der Waals surface area contributed by atoms with Gasteiger partial charge in [0.25, 0.3) is 0 Å². The predicted molar refractivity (Wildman–Crippen MR) is 102 cm³/mol. The molecule has 1 aromatic heterocycles. The third-order valence-corrected chi connectivity index (χ3v) is 4.80. The highest BCUT2D eigenvalue weighted by Gasteiger charge is 2.00. The van der Waals surface area contributed by atoms with Gasteiger partial charge in [-0.25, -0.2) is 4.57 Å². The summed E-state index contributed by atoms with van der Waals surface area (Å²) in [4.78, 5) is 0. The van der Waals surface area contributed by atoms with Crippen molar-refractivity contribution in [3.8, 4) is 0 Å². The van der Waals surface area contributed by atoms with Crippen LogP contribution in [0.4, 0.5) is 0 Å². The van der Waals surface area contributed by atoms with Crippen molar-refractivity contribution in [2.45, 2.75) is 110 Å². The van der Waals surface area contributed by atoms with Crippen LogP contribution in [-0.2, 0) is 13.0 Å². The molecule has 0 aliphatic carbocycles. The number of unbranched alkanes of at least 4 members (excludes halogenated alkanes) is 11. The third kappa shape index (κ3) is 11.3. The summed E-state index contributed by atoms with van der Waals surface area (Å²) in [6.45, 7) is 5.70. The van der Waals surface area contributed by atoms with Gasteiger partial charge >= 0.3 is 0 Å². The van der Waals surface area contributed by atoms with Gasteiger partial charge in [-0.2, -0.15) is 0 Å². The Balaban J connectivity index is 1.92. The van der Waals surface area contributed by atoms with E-state index in [0.717, 1.165) is 6.54 Å². The molecule has 1 heterocycles. The van der Waals surface area contributed by atoms with E-state index in [1.165, 1.54) is 95.5 Å². The second-order valence-electron chi connectivity index (χ2n) is 7.08. The van der Waals surface area contributed by atoms with Gasteiger partial charge in [0.2, 0.25) is 0 Å². The lowest BCUT2D eigenvalue weighted by molar-refractivity contribution is -0.697. The first kappa shape index (κ1) is 20.2. The lowest BCUT2D eigenvalue weighted by atomic mass is 10.0. The van der Waals surface area contributed by atoms with Crippen LogP contribution in [0.2, 0.25) is 0 Å². The Bertz CT molecular complexity index is 355. The minimum absolute atomic E-state index is 1.16. The van der Waals surface area contributed by atoms with Crippen molar-refractivity contribution in [1.29, 1.82) is 0 Å². The van der Waals surface area contributed by atoms with E-state index in [4.69, 9.17) is 0 Å². The molecule has 0 aliphatic heterocycles. The Morgan fingerprint density at radius 2 is 1.09 bits per heavy atom. The smallest absolute Gasteiger partial charge is 0.169 e. The lowest BCUT2D eigenvalue weighted by Gasteiger charge is -2.03. The first-order chi connectivity index (χ1) is 11.4. The van der Waals surface area contributed by atoms with E-state index in [9.17, 15) is 0 Å². The van der Waals surface area contributed by atoms with Gasteiger partial charge in [-0.1, -0.05) is 84.5 Å². The van der Waals surface area contributed by atoms with Gasteiger partial charge in [0.15, 0.2) is 12.4 Å². The van der Waals surface area contributed by atoms with Gasteiger partial charge in [0, 0.05) is 18.6 Å². The summed E-state index contributed by atoms with van der Waals surface area (Å²) in [5, 5.41) is 0. The molecular weight excluding hydrogens is 278 g/mol. The maximum absolute atomic E-state index is 2.31. The highest BCUT2D eigenvalue weighted by atomic mass is 14.9. The predicted octanol–water partition coefficient (Wildman–Crippen LogP) is 6.63. The van der Waals surface area contributed by atoms with E-state index < -0.39 is 0 Å². The summed E-state index contributed by atoms with van der Waals surface area (Å²) >= 11 is 0. The Kier molecular flexibility index (Phi) is 12.9. The van der Waals surface area contributed by atoms with Crippen LogP contribution in [0.1, 0.15) is 103 Å². The van der Waals surface area contributed by atoms with Crippen LogP contribution in [0, 0.1) is 0 Å². The molecule has 0 N–H and O–H groups in total. The van der Waals surface area contributed by atoms with Crippen molar-refractivity contribution in [3.63, 3.8) is 0 Å². The molecule has 0 bridgehead atoms. The summed E-state index contributed by atoms with van der Waals surface area (Å²) in [6, 6.07) is 4.62. The van der Waals surface area contributed by atoms with Crippen molar-refractivity contribution in [2.24, 2.45) is 0 Å². The number of aromatic nitrogens is 1. The highest BCUT2D eigenvalue weighted by Crippen LogP contribution is 2.12. The zero-order chi connectivity index (χ0) is 16.6. The second kappa shape index (κ2) is 14.7. The average molecular weight is 319 g/mol. The van der Waals surface area contributed by atoms with Crippen molar-refractivity contribution in [1.82, 2.24) is 0 Å². The van der Waals surface area contributed by atoms with Crippen molar-refractivity contribution >= 4 is 0 Å². The molecule has 23 heavy (non-hydrogen) atoms. The highest BCUT2D eigenvalue weighted by molar-refractivity contribution is 5.07. The summed E-state index contributed by atoms with van der Waals surface area (Å²) in [5.74, 6) is 0. The average Bonchev–Trinajstić information content (AvgIpc) is 2.59. The summed E-state index contributed by atoms with van der Waals surface area (Å²) < 4.78 is 2.31. The Morgan fingerprint density at radius 1 is 0.609 bits per heavy atom. The SMILES string of the molecule is CCCCCCCCCCCCCc1cc[n+](CCCC)cc1. The fourth-order valence-electron chi connectivity index (χ4n) is 3.14.